The summed E-state index contributed by atoms with van der Waals surface area (Å²) in [5.41, 5.74) is 4.35. The lowest BCUT2D eigenvalue weighted by atomic mass is 9.93. The summed E-state index contributed by atoms with van der Waals surface area (Å²) in [6.45, 7) is 9.83. The first-order valence-electron chi connectivity index (χ1n) is 8.44. The molecule has 0 aliphatic heterocycles. The summed E-state index contributed by atoms with van der Waals surface area (Å²) in [7, 11) is 2.27. The Kier molecular flexibility index (Phi) is 5.32. The number of nitrogens with zero attached hydrogens (tertiary/aromatic N) is 1. The van der Waals surface area contributed by atoms with Crippen molar-refractivity contribution in [2.24, 2.45) is 0 Å². The second kappa shape index (κ2) is 6.83. The molecule has 1 aromatic rings. The van der Waals surface area contributed by atoms with Crippen LogP contribution in [0.5, 0.6) is 0 Å². The van der Waals surface area contributed by atoms with Gasteiger partial charge in [0.2, 0.25) is 0 Å². The highest BCUT2D eigenvalue weighted by Gasteiger charge is 2.19. The van der Waals surface area contributed by atoms with Crippen molar-refractivity contribution in [2.45, 2.75) is 77.9 Å². The lowest BCUT2D eigenvalue weighted by molar-refractivity contribution is 0.423. The van der Waals surface area contributed by atoms with Gasteiger partial charge in [-0.25, -0.2) is 0 Å². The standard InChI is InChI=1S/C19H32N2/c1-15-13-16(14-20-19(2,3)4)11-12-18(15)21(5)17-9-7-6-8-10-17/h11-13,17,20H,6-10,14H2,1-5H3. The molecule has 1 aliphatic rings. The average molecular weight is 288 g/mol. The van der Waals surface area contributed by atoms with Crippen molar-refractivity contribution in [1.29, 1.82) is 0 Å². The van der Waals surface area contributed by atoms with E-state index in [-0.39, 0.29) is 5.54 Å². The van der Waals surface area contributed by atoms with Crippen LogP contribution >= 0.6 is 0 Å². The molecule has 118 valence electrons. The van der Waals surface area contributed by atoms with Crippen molar-refractivity contribution in [1.82, 2.24) is 5.32 Å². The number of hydrogen-bond acceptors (Lipinski definition) is 2. The van der Waals surface area contributed by atoms with E-state index < -0.39 is 0 Å². The van der Waals surface area contributed by atoms with E-state index in [2.05, 4.69) is 63.2 Å². The quantitative estimate of drug-likeness (QED) is 0.867. The van der Waals surface area contributed by atoms with E-state index in [9.17, 15) is 0 Å². The largest absolute Gasteiger partial charge is 0.371 e. The Bertz CT molecular complexity index is 453. The molecular formula is C19H32N2. The zero-order chi connectivity index (χ0) is 15.5. The van der Waals surface area contributed by atoms with E-state index >= 15 is 0 Å². The molecule has 0 radical (unpaired) electrons. The molecule has 2 nitrogen and oxygen atoms in total. The molecule has 0 unspecified atom stereocenters. The molecular weight excluding hydrogens is 256 g/mol. The first kappa shape index (κ1) is 16.4. The fourth-order valence-corrected chi connectivity index (χ4v) is 3.26. The molecule has 2 heteroatoms. The van der Waals surface area contributed by atoms with Gasteiger partial charge in [-0.05, 0) is 57.7 Å². The number of nitrogens with one attached hydrogen (secondary N) is 1. The van der Waals surface area contributed by atoms with Gasteiger partial charge in [0, 0.05) is 30.9 Å². The summed E-state index contributed by atoms with van der Waals surface area (Å²) in [5, 5.41) is 3.56. The lowest BCUT2D eigenvalue weighted by Gasteiger charge is -2.34. The summed E-state index contributed by atoms with van der Waals surface area (Å²) in [4.78, 5) is 2.51. The number of hydrogen-bond donors (Lipinski definition) is 1. The second-order valence-corrected chi connectivity index (χ2v) is 7.63. The van der Waals surface area contributed by atoms with E-state index in [0.29, 0.717) is 0 Å². The zero-order valence-electron chi connectivity index (χ0n) is 14.5. The Morgan fingerprint density at radius 3 is 2.38 bits per heavy atom. The van der Waals surface area contributed by atoms with Crippen LogP contribution in [-0.4, -0.2) is 18.6 Å². The van der Waals surface area contributed by atoms with Gasteiger partial charge in [0.25, 0.3) is 0 Å². The third kappa shape index (κ3) is 4.74. The minimum Gasteiger partial charge on any atom is -0.371 e. The van der Waals surface area contributed by atoms with Gasteiger partial charge in [0.05, 0.1) is 0 Å². The molecule has 2 rings (SSSR count). The van der Waals surface area contributed by atoms with Crippen molar-refractivity contribution in [3.63, 3.8) is 0 Å². The third-order valence-corrected chi connectivity index (χ3v) is 4.59. The summed E-state index contributed by atoms with van der Waals surface area (Å²) in [6, 6.07) is 7.66. The molecule has 0 amide bonds. The highest BCUT2D eigenvalue weighted by molar-refractivity contribution is 5.54. The molecule has 0 heterocycles. The minimum atomic E-state index is 0.172. The normalized spacial score (nSPS) is 17.0. The van der Waals surface area contributed by atoms with Gasteiger partial charge in [-0.1, -0.05) is 31.4 Å². The molecule has 21 heavy (non-hydrogen) atoms. The van der Waals surface area contributed by atoms with Crippen LogP contribution in [-0.2, 0) is 6.54 Å². The smallest absolute Gasteiger partial charge is 0.0396 e. The molecule has 0 atom stereocenters. The third-order valence-electron chi connectivity index (χ3n) is 4.59. The predicted molar refractivity (Wildman–Crippen MR) is 93.0 cm³/mol. The number of rotatable bonds is 4. The SMILES string of the molecule is Cc1cc(CNC(C)(C)C)ccc1N(C)C1CCCCC1. The van der Waals surface area contributed by atoms with Gasteiger partial charge in [0.15, 0.2) is 0 Å². The van der Waals surface area contributed by atoms with Crippen LogP contribution in [0.25, 0.3) is 0 Å². The van der Waals surface area contributed by atoms with Crippen LogP contribution < -0.4 is 10.2 Å². The molecule has 1 fully saturated rings. The summed E-state index contributed by atoms with van der Waals surface area (Å²) < 4.78 is 0. The van der Waals surface area contributed by atoms with Gasteiger partial charge in [0.1, 0.15) is 0 Å². The fourth-order valence-electron chi connectivity index (χ4n) is 3.26. The van der Waals surface area contributed by atoms with Crippen molar-refractivity contribution >= 4 is 5.69 Å². The van der Waals surface area contributed by atoms with Crippen molar-refractivity contribution in [3.05, 3.63) is 29.3 Å². The molecule has 0 aromatic heterocycles. The fraction of sp³-hybridized carbons (Fsp3) is 0.684. The molecule has 0 saturated heterocycles. The van der Waals surface area contributed by atoms with E-state index in [1.54, 1.807) is 0 Å². The highest BCUT2D eigenvalue weighted by atomic mass is 15.1. The molecule has 1 aromatic carbocycles. The summed E-state index contributed by atoms with van der Waals surface area (Å²) in [5.74, 6) is 0. The zero-order valence-corrected chi connectivity index (χ0v) is 14.5. The second-order valence-electron chi connectivity index (χ2n) is 7.63. The van der Waals surface area contributed by atoms with E-state index in [1.165, 1.54) is 48.9 Å². The maximum Gasteiger partial charge on any atom is 0.0396 e. The Labute approximate surface area is 130 Å². The highest BCUT2D eigenvalue weighted by Crippen LogP contribution is 2.28. The first-order valence-corrected chi connectivity index (χ1v) is 8.44. The van der Waals surface area contributed by atoms with E-state index in [0.717, 1.165) is 12.6 Å². The number of aryl methyl sites for hydroxylation is 1. The lowest BCUT2D eigenvalue weighted by Crippen LogP contribution is -2.35. The minimum absolute atomic E-state index is 0.172. The van der Waals surface area contributed by atoms with Gasteiger partial charge >= 0.3 is 0 Å². The van der Waals surface area contributed by atoms with Gasteiger partial charge in [-0.2, -0.15) is 0 Å². The maximum atomic E-state index is 3.56. The monoisotopic (exact) mass is 288 g/mol. The van der Waals surface area contributed by atoms with E-state index in [4.69, 9.17) is 0 Å². The van der Waals surface area contributed by atoms with Crippen LogP contribution in [0.15, 0.2) is 18.2 Å². The van der Waals surface area contributed by atoms with Crippen molar-refractivity contribution in [2.75, 3.05) is 11.9 Å². The molecule has 1 saturated carbocycles. The molecule has 0 bridgehead atoms. The Morgan fingerprint density at radius 2 is 1.81 bits per heavy atom. The van der Waals surface area contributed by atoms with Crippen LogP contribution in [0.2, 0.25) is 0 Å². The predicted octanol–water partition coefficient (Wildman–Crippen LogP) is 4.65. The van der Waals surface area contributed by atoms with Crippen LogP contribution in [0.3, 0.4) is 0 Å². The van der Waals surface area contributed by atoms with Crippen LogP contribution in [0.1, 0.15) is 64.0 Å². The van der Waals surface area contributed by atoms with Gasteiger partial charge in [-0.15, -0.1) is 0 Å². The number of benzene rings is 1. The summed E-state index contributed by atoms with van der Waals surface area (Å²) in [6.07, 6.45) is 6.90. The Morgan fingerprint density at radius 1 is 1.14 bits per heavy atom. The molecule has 1 aliphatic carbocycles. The average Bonchev–Trinajstić information content (AvgIpc) is 2.45. The summed E-state index contributed by atoms with van der Waals surface area (Å²) >= 11 is 0. The van der Waals surface area contributed by atoms with Crippen LogP contribution in [0.4, 0.5) is 5.69 Å². The molecule has 1 N–H and O–H groups in total. The van der Waals surface area contributed by atoms with Crippen molar-refractivity contribution in [3.8, 4) is 0 Å². The van der Waals surface area contributed by atoms with E-state index in [1.807, 2.05) is 0 Å². The Hall–Kier alpha value is -1.02. The van der Waals surface area contributed by atoms with Gasteiger partial charge < -0.3 is 10.2 Å². The van der Waals surface area contributed by atoms with Crippen molar-refractivity contribution < 1.29 is 0 Å². The Balaban J connectivity index is 2.04. The number of anilines is 1. The topological polar surface area (TPSA) is 15.3 Å². The van der Waals surface area contributed by atoms with Crippen LogP contribution in [0, 0.1) is 6.92 Å². The maximum absolute atomic E-state index is 3.56. The molecule has 0 spiro atoms. The first-order chi connectivity index (χ1) is 9.87. The van der Waals surface area contributed by atoms with Gasteiger partial charge in [-0.3, -0.25) is 0 Å².